The lowest BCUT2D eigenvalue weighted by Crippen LogP contribution is -2.48. The fourth-order valence-electron chi connectivity index (χ4n) is 3.32. The van der Waals surface area contributed by atoms with E-state index < -0.39 is 10.0 Å². The van der Waals surface area contributed by atoms with E-state index in [4.69, 9.17) is 4.74 Å². The minimum absolute atomic E-state index is 0.0628. The Morgan fingerprint density at radius 2 is 1.80 bits per heavy atom. The van der Waals surface area contributed by atoms with E-state index in [0.717, 1.165) is 19.6 Å². The van der Waals surface area contributed by atoms with Crippen LogP contribution in [-0.4, -0.2) is 70.6 Å². The Morgan fingerprint density at radius 1 is 1.10 bits per heavy atom. The van der Waals surface area contributed by atoms with Crippen LogP contribution in [0.2, 0.25) is 0 Å². The molecular formula is C21H26BrN3O4S. The van der Waals surface area contributed by atoms with E-state index in [1.807, 2.05) is 18.2 Å². The number of hydrogen-bond acceptors (Lipinski definition) is 5. The number of carbonyl (C=O) groups excluding carboxylic acids is 1. The molecule has 0 atom stereocenters. The lowest BCUT2D eigenvalue weighted by molar-refractivity contribution is 0.0627. The van der Waals surface area contributed by atoms with E-state index in [-0.39, 0.29) is 24.0 Å². The molecule has 162 valence electrons. The maximum Gasteiger partial charge on any atom is 0.255 e. The lowest BCUT2D eigenvalue weighted by Gasteiger charge is -2.35. The zero-order valence-electron chi connectivity index (χ0n) is 16.9. The summed E-state index contributed by atoms with van der Waals surface area (Å²) in [6.45, 7) is 4.04. The molecule has 1 saturated heterocycles. The Bertz CT molecular complexity index is 961. The van der Waals surface area contributed by atoms with E-state index in [9.17, 15) is 13.2 Å². The first kappa shape index (κ1) is 22.9. The van der Waals surface area contributed by atoms with Crippen molar-refractivity contribution in [2.24, 2.45) is 0 Å². The summed E-state index contributed by atoms with van der Waals surface area (Å²) in [7, 11) is -2.20. The van der Waals surface area contributed by atoms with Crippen LogP contribution in [0.25, 0.3) is 0 Å². The average Bonchev–Trinajstić information content (AvgIpc) is 2.75. The first-order valence-corrected chi connectivity index (χ1v) is 12.0. The average molecular weight is 496 g/mol. The van der Waals surface area contributed by atoms with Gasteiger partial charge in [0, 0.05) is 50.9 Å². The lowest BCUT2D eigenvalue weighted by atomic mass is 10.1. The highest BCUT2D eigenvalue weighted by Crippen LogP contribution is 2.23. The number of methoxy groups -OCH3 is 1. The van der Waals surface area contributed by atoms with Gasteiger partial charge in [0.15, 0.2) is 0 Å². The fourth-order valence-corrected chi connectivity index (χ4v) is 4.77. The van der Waals surface area contributed by atoms with Gasteiger partial charge in [0.25, 0.3) is 5.91 Å². The number of benzene rings is 2. The molecule has 2 aromatic rings. The number of amides is 1. The van der Waals surface area contributed by atoms with Crippen molar-refractivity contribution in [3.05, 3.63) is 64.1 Å². The third-order valence-electron chi connectivity index (χ3n) is 4.99. The molecule has 7 nitrogen and oxygen atoms in total. The predicted octanol–water partition coefficient (Wildman–Crippen LogP) is 2.33. The quantitative estimate of drug-likeness (QED) is 0.568. The normalized spacial score (nSPS) is 15.3. The molecule has 0 bridgehead atoms. The van der Waals surface area contributed by atoms with Crippen molar-refractivity contribution in [2.75, 3.05) is 46.4 Å². The number of halogens is 1. The molecule has 0 radical (unpaired) electrons. The largest absolute Gasteiger partial charge is 0.383 e. The first-order valence-electron chi connectivity index (χ1n) is 9.74. The number of carbonyl (C=O) groups is 1. The third kappa shape index (κ3) is 5.89. The SMILES string of the molecule is COCCNS(=O)(=O)c1ccc(Br)c(C(=O)N2CCN(Cc3ccccc3)CC2)c1. The number of sulfonamides is 1. The van der Waals surface area contributed by atoms with Gasteiger partial charge in [-0.25, -0.2) is 13.1 Å². The highest BCUT2D eigenvalue weighted by atomic mass is 79.9. The maximum absolute atomic E-state index is 13.1. The van der Waals surface area contributed by atoms with Gasteiger partial charge in [-0.2, -0.15) is 0 Å². The molecule has 3 rings (SSSR count). The van der Waals surface area contributed by atoms with Crippen LogP contribution in [-0.2, 0) is 21.3 Å². The molecule has 0 saturated carbocycles. The Morgan fingerprint density at radius 3 is 2.47 bits per heavy atom. The van der Waals surface area contributed by atoms with E-state index >= 15 is 0 Å². The van der Waals surface area contributed by atoms with E-state index in [0.29, 0.717) is 23.1 Å². The molecule has 0 spiro atoms. The Labute approximate surface area is 186 Å². The molecule has 1 aliphatic heterocycles. The molecule has 1 N–H and O–H groups in total. The van der Waals surface area contributed by atoms with Crippen molar-refractivity contribution in [1.29, 1.82) is 0 Å². The van der Waals surface area contributed by atoms with Gasteiger partial charge < -0.3 is 9.64 Å². The van der Waals surface area contributed by atoms with E-state index in [1.54, 1.807) is 11.0 Å². The number of nitrogens with one attached hydrogen (secondary N) is 1. The van der Waals surface area contributed by atoms with Gasteiger partial charge in [-0.3, -0.25) is 9.69 Å². The second-order valence-electron chi connectivity index (χ2n) is 7.09. The molecule has 0 aromatic heterocycles. The van der Waals surface area contributed by atoms with Gasteiger partial charge in [0.1, 0.15) is 0 Å². The summed E-state index contributed by atoms with van der Waals surface area (Å²) >= 11 is 3.39. The summed E-state index contributed by atoms with van der Waals surface area (Å²) in [5.74, 6) is -0.171. The Balaban J connectivity index is 1.65. The van der Waals surface area contributed by atoms with Crippen LogP contribution in [0.15, 0.2) is 57.9 Å². The van der Waals surface area contributed by atoms with Crippen LogP contribution >= 0.6 is 15.9 Å². The van der Waals surface area contributed by atoms with Crippen molar-refractivity contribution in [2.45, 2.75) is 11.4 Å². The van der Waals surface area contributed by atoms with Crippen LogP contribution < -0.4 is 4.72 Å². The Hall–Kier alpha value is -1.78. The molecule has 1 heterocycles. The third-order valence-corrected chi connectivity index (χ3v) is 7.14. The molecule has 2 aromatic carbocycles. The predicted molar refractivity (Wildman–Crippen MR) is 119 cm³/mol. The van der Waals surface area contributed by atoms with Crippen molar-refractivity contribution < 1.29 is 17.9 Å². The summed E-state index contributed by atoms with van der Waals surface area (Å²) in [6, 6.07) is 14.8. The summed E-state index contributed by atoms with van der Waals surface area (Å²) in [6.07, 6.45) is 0. The highest BCUT2D eigenvalue weighted by Gasteiger charge is 2.25. The van der Waals surface area contributed by atoms with Gasteiger partial charge in [-0.1, -0.05) is 30.3 Å². The van der Waals surface area contributed by atoms with Crippen molar-refractivity contribution in [3.63, 3.8) is 0 Å². The number of nitrogens with zero attached hydrogens (tertiary/aromatic N) is 2. The minimum atomic E-state index is -3.71. The standard InChI is InChI=1S/C21H26BrN3O4S/c1-29-14-9-23-30(27,28)18-7-8-20(22)19(15-18)21(26)25-12-10-24(11-13-25)16-17-5-3-2-4-6-17/h2-8,15,23H,9-14,16H2,1H3. The molecule has 1 fully saturated rings. The molecule has 1 amide bonds. The van der Waals surface area contributed by atoms with Crippen LogP contribution in [0.5, 0.6) is 0 Å². The zero-order valence-corrected chi connectivity index (χ0v) is 19.3. The monoisotopic (exact) mass is 495 g/mol. The van der Waals surface area contributed by atoms with Crippen molar-refractivity contribution in [3.8, 4) is 0 Å². The zero-order chi connectivity index (χ0) is 21.6. The number of rotatable bonds is 8. The number of hydrogen-bond donors (Lipinski definition) is 1. The van der Waals surface area contributed by atoms with Gasteiger partial charge in [-0.05, 0) is 39.7 Å². The van der Waals surface area contributed by atoms with Crippen molar-refractivity contribution >= 4 is 31.9 Å². The number of ether oxygens (including phenoxy) is 1. The molecule has 9 heteroatoms. The van der Waals surface area contributed by atoms with E-state index in [2.05, 4.69) is 37.7 Å². The highest BCUT2D eigenvalue weighted by molar-refractivity contribution is 9.10. The van der Waals surface area contributed by atoms with Crippen LogP contribution in [0, 0.1) is 0 Å². The molecule has 30 heavy (non-hydrogen) atoms. The number of piperazine rings is 1. The summed E-state index contributed by atoms with van der Waals surface area (Å²) in [5, 5.41) is 0. The van der Waals surface area contributed by atoms with Crippen LogP contribution in [0.3, 0.4) is 0 Å². The van der Waals surface area contributed by atoms with E-state index in [1.165, 1.54) is 24.8 Å². The van der Waals surface area contributed by atoms with Gasteiger partial charge in [-0.15, -0.1) is 0 Å². The topological polar surface area (TPSA) is 78.9 Å². The summed E-state index contributed by atoms with van der Waals surface area (Å²) in [4.78, 5) is 17.2. The summed E-state index contributed by atoms with van der Waals surface area (Å²) in [5.41, 5.74) is 1.60. The first-order chi connectivity index (χ1) is 14.4. The molecular weight excluding hydrogens is 470 g/mol. The molecule has 1 aliphatic rings. The minimum Gasteiger partial charge on any atom is -0.383 e. The van der Waals surface area contributed by atoms with Gasteiger partial charge in [0.05, 0.1) is 17.1 Å². The second kappa shape index (κ2) is 10.5. The fraction of sp³-hybridized carbons (Fsp3) is 0.381. The molecule has 0 aliphatic carbocycles. The van der Waals surface area contributed by atoms with Gasteiger partial charge in [0.2, 0.25) is 10.0 Å². The second-order valence-corrected chi connectivity index (χ2v) is 9.71. The maximum atomic E-state index is 13.1. The summed E-state index contributed by atoms with van der Waals surface area (Å²) < 4.78 is 32.9. The van der Waals surface area contributed by atoms with Crippen molar-refractivity contribution in [1.82, 2.24) is 14.5 Å². The Kier molecular flexibility index (Phi) is 8.01. The van der Waals surface area contributed by atoms with Gasteiger partial charge >= 0.3 is 0 Å². The van der Waals surface area contributed by atoms with Crippen LogP contribution in [0.1, 0.15) is 15.9 Å². The van der Waals surface area contributed by atoms with Crippen LogP contribution in [0.4, 0.5) is 0 Å². The molecule has 0 unspecified atom stereocenters. The smallest absolute Gasteiger partial charge is 0.255 e.